The molecule has 3 aromatic rings. The lowest BCUT2D eigenvalue weighted by Crippen LogP contribution is -2.42. The molecule has 0 aliphatic heterocycles. The van der Waals surface area contributed by atoms with Crippen LogP contribution in [-0.2, 0) is 20.7 Å². The first-order chi connectivity index (χ1) is 17.7. The van der Waals surface area contributed by atoms with Crippen molar-refractivity contribution in [2.45, 2.75) is 12.5 Å². The number of aromatic carboxylic acids is 1. The zero-order valence-electron chi connectivity index (χ0n) is 19.5. The number of methoxy groups -OCH3 is 1. The lowest BCUT2D eigenvalue weighted by molar-refractivity contribution is -0.144. The van der Waals surface area contributed by atoms with E-state index >= 15 is 0 Å². The number of hydrogen-bond donors (Lipinski definition) is 3. The Kier molecular flexibility index (Phi) is 9.43. The summed E-state index contributed by atoms with van der Waals surface area (Å²) in [7, 11) is 1.22. The number of hydrogen-bond acceptors (Lipinski definition) is 5. The number of anilines is 1. The fourth-order valence-corrected chi connectivity index (χ4v) is 3.90. The summed E-state index contributed by atoms with van der Waals surface area (Å²) in [5.74, 6) is -2.67. The van der Waals surface area contributed by atoms with Crippen molar-refractivity contribution >= 4 is 58.7 Å². The number of benzene rings is 3. The molecule has 0 fully saturated rings. The van der Waals surface area contributed by atoms with Gasteiger partial charge < -0.3 is 20.5 Å². The van der Waals surface area contributed by atoms with Crippen LogP contribution in [0.15, 0.2) is 72.8 Å². The van der Waals surface area contributed by atoms with E-state index in [2.05, 4.69) is 10.6 Å². The second kappa shape index (κ2) is 12.7. The van der Waals surface area contributed by atoms with Gasteiger partial charge in [0.1, 0.15) is 6.04 Å². The predicted molar refractivity (Wildman–Crippen MR) is 141 cm³/mol. The summed E-state index contributed by atoms with van der Waals surface area (Å²) in [5, 5.41) is 14.7. The van der Waals surface area contributed by atoms with E-state index < -0.39 is 29.8 Å². The molecule has 3 aromatic carbocycles. The first-order valence-corrected chi connectivity index (χ1v) is 11.7. The minimum absolute atomic E-state index is 0.130. The molecule has 2 amide bonds. The molecule has 8 nitrogen and oxygen atoms in total. The van der Waals surface area contributed by atoms with Crippen LogP contribution in [0.1, 0.15) is 31.8 Å². The number of carboxylic acid groups (broad SMARTS) is 1. The summed E-state index contributed by atoms with van der Waals surface area (Å²) in [5.41, 5.74) is 2.10. The van der Waals surface area contributed by atoms with Crippen molar-refractivity contribution in [2.75, 3.05) is 12.4 Å². The van der Waals surface area contributed by atoms with Crippen molar-refractivity contribution in [3.05, 3.63) is 105 Å². The van der Waals surface area contributed by atoms with Crippen molar-refractivity contribution in [1.29, 1.82) is 0 Å². The zero-order valence-corrected chi connectivity index (χ0v) is 21.0. The van der Waals surface area contributed by atoms with Crippen LogP contribution < -0.4 is 10.6 Å². The van der Waals surface area contributed by atoms with Gasteiger partial charge in [0.2, 0.25) is 5.91 Å². The third-order valence-corrected chi connectivity index (χ3v) is 5.86. The van der Waals surface area contributed by atoms with E-state index in [1.807, 2.05) is 0 Å². The molecule has 1 atom stereocenters. The zero-order chi connectivity index (χ0) is 26.9. The van der Waals surface area contributed by atoms with Crippen molar-refractivity contribution in [2.24, 2.45) is 0 Å². The van der Waals surface area contributed by atoms with Gasteiger partial charge in [0.15, 0.2) is 0 Å². The van der Waals surface area contributed by atoms with Gasteiger partial charge in [-0.05, 0) is 53.6 Å². The number of amides is 2. The van der Waals surface area contributed by atoms with Gasteiger partial charge in [0.25, 0.3) is 5.91 Å². The van der Waals surface area contributed by atoms with Gasteiger partial charge in [-0.1, -0.05) is 53.5 Å². The Morgan fingerprint density at radius 2 is 1.57 bits per heavy atom. The maximum absolute atomic E-state index is 12.6. The van der Waals surface area contributed by atoms with Crippen molar-refractivity contribution in [3.8, 4) is 0 Å². The Balaban J connectivity index is 1.63. The van der Waals surface area contributed by atoms with Crippen LogP contribution in [-0.4, -0.2) is 42.0 Å². The van der Waals surface area contributed by atoms with Crippen LogP contribution in [0.25, 0.3) is 6.08 Å². The smallest absolute Gasteiger partial charge is 0.335 e. The Labute approximate surface area is 222 Å². The molecule has 0 saturated carbocycles. The highest BCUT2D eigenvalue weighted by Gasteiger charge is 2.21. The molecule has 0 bridgehead atoms. The van der Waals surface area contributed by atoms with Crippen LogP contribution in [0.5, 0.6) is 0 Å². The molecule has 0 radical (unpaired) electrons. The second-order valence-electron chi connectivity index (χ2n) is 7.80. The lowest BCUT2D eigenvalue weighted by Gasteiger charge is -2.16. The minimum atomic E-state index is -1.05. The second-order valence-corrected chi connectivity index (χ2v) is 8.61. The predicted octanol–water partition coefficient (Wildman–Crippen LogP) is 4.86. The Morgan fingerprint density at radius 1 is 0.946 bits per heavy atom. The molecule has 0 aromatic heterocycles. The summed E-state index contributed by atoms with van der Waals surface area (Å²) in [6.07, 6.45) is 2.88. The van der Waals surface area contributed by atoms with Gasteiger partial charge in [0, 0.05) is 18.2 Å². The molecule has 0 heterocycles. The number of rotatable bonds is 9. The van der Waals surface area contributed by atoms with Gasteiger partial charge in [-0.2, -0.15) is 0 Å². The number of nitrogens with one attached hydrogen (secondary N) is 2. The molecule has 3 N–H and O–H groups in total. The summed E-state index contributed by atoms with van der Waals surface area (Å²) < 4.78 is 4.82. The molecule has 37 heavy (non-hydrogen) atoms. The standard InChI is InChI=1S/C27H22Cl2N2O6/c1-37-27(36)22(31-23(32)14-9-16-5-10-18(11-6-16)26(34)35)15-17-7-12-19(13-8-17)30-25(33)24-20(28)3-2-4-21(24)29/h2-14,22H,15H2,1H3,(H,30,33)(H,31,32)(H,34,35)/b14-9+/t22-/m0/s1. The first kappa shape index (κ1) is 27.4. The van der Waals surface area contributed by atoms with Gasteiger partial charge in [-0.25, -0.2) is 9.59 Å². The molecule has 0 saturated heterocycles. The van der Waals surface area contributed by atoms with Crippen LogP contribution in [0.3, 0.4) is 0 Å². The average Bonchev–Trinajstić information content (AvgIpc) is 2.87. The van der Waals surface area contributed by atoms with E-state index in [1.165, 1.54) is 31.4 Å². The Hall–Kier alpha value is -4.14. The van der Waals surface area contributed by atoms with Crippen molar-refractivity contribution in [1.82, 2.24) is 5.32 Å². The number of carbonyl (C=O) groups is 4. The highest BCUT2D eigenvalue weighted by atomic mass is 35.5. The molecule has 0 unspecified atom stereocenters. The molecule has 3 rings (SSSR count). The summed E-state index contributed by atoms with van der Waals surface area (Å²) >= 11 is 12.2. The molecule has 0 aliphatic carbocycles. The van der Waals surface area contributed by atoms with Gasteiger partial charge >= 0.3 is 11.9 Å². The van der Waals surface area contributed by atoms with Crippen LogP contribution >= 0.6 is 23.2 Å². The van der Waals surface area contributed by atoms with E-state index in [0.717, 1.165) is 0 Å². The molecule has 0 spiro atoms. The normalized spacial score (nSPS) is 11.5. The lowest BCUT2D eigenvalue weighted by atomic mass is 10.1. The summed E-state index contributed by atoms with van der Waals surface area (Å²) in [4.78, 5) is 48.2. The van der Waals surface area contributed by atoms with E-state index in [4.69, 9.17) is 33.0 Å². The van der Waals surface area contributed by atoms with Crippen molar-refractivity contribution in [3.63, 3.8) is 0 Å². The van der Waals surface area contributed by atoms with Gasteiger partial charge in [-0.3, -0.25) is 9.59 Å². The monoisotopic (exact) mass is 540 g/mol. The van der Waals surface area contributed by atoms with E-state index in [-0.39, 0.29) is 27.6 Å². The van der Waals surface area contributed by atoms with E-state index in [0.29, 0.717) is 16.8 Å². The molecule has 0 aliphatic rings. The fraction of sp³-hybridized carbons (Fsp3) is 0.111. The Bertz CT molecular complexity index is 1320. The molecule has 190 valence electrons. The van der Waals surface area contributed by atoms with Crippen molar-refractivity contribution < 1.29 is 29.0 Å². The molecular formula is C27H22Cl2N2O6. The third kappa shape index (κ3) is 7.67. The maximum atomic E-state index is 12.6. The maximum Gasteiger partial charge on any atom is 0.335 e. The molecule has 10 heteroatoms. The van der Waals surface area contributed by atoms with Crippen LogP contribution in [0.2, 0.25) is 10.0 Å². The minimum Gasteiger partial charge on any atom is -0.478 e. The number of carboxylic acids is 1. The topological polar surface area (TPSA) is 122 Å². The van der Waals surface area contributed by atoms with Gasteiger partial charge in [-0.15, -0.1) is 0 Å². The van der Waals surface area contributed by atoms with Crippen LogP contribution in [0.4, 0.5) is 5.69 Å². The average molecular weight is 541 g/mol. The quantitative estimate of drug-likeness (QED) is 0.263. The number of carbonyl (C=O) groups excluding carboxylic acids is 3. The van der Waals surface area contributed by atoms with E-state index in [1.54, 1.807) is 54.6 Å². The molecular weight excluding hydrogens is 519 g/mol. The highest BCUT2D eigenvalue weighted by Crippen LogP contribution is 2.25. The van der Waals surface area contributed by atoms with Crippen LogP contribution in [0, 0.1) is 0 Å². The number of esters is 1. The fourth-order valence-electron chi connectivity index (χ4n) is 3.33. The summed E-state index contributed by atoms with van der Waals surface area (Å²) in [6, 6.07) is 16.5. The third-order valence-electron chi connectivity index (χ3n) is 5.23. The largest absolute Gasteiger partial charge is 0.478 e. The highest BCUT2D eigenvalue weighted by molar-refractivity contribution is 6.40. The first-order valence-electron chi connectivity index (χ1n) is 10.9. The van der Waals surface area contributed by atoms with Gasteiger partial charge in [0.05, 0.1) is 28.3 Å². The summed E-state index contributed by atoms with van der Waals surface area (Å²) in [6.45, 7) is 0. The number of ether oxygens (including phenoxy) is 1. The Morgan fingerprint density at radius 3 is 2.14 bits per heavy atom. The number of halogens is 2. The SMILES string of the molecule is COC(=O)[C@H](Cc1ccc(NC(=O)c2c(Cl)cccc2Cl)cc1)NC(=O)/C=C/c1ccc(C(=O)O)cc1. The van der Waals surface area contributed by atoms with E-state index in [9.17, 15) is 19.2 Å².